The predicted octanol–water partition coefficient (Wildman–Crippen LogP) is 2.96. The number of carbonyl (C=O) groups excluding carboxylic acids is 2. The summed E-state index contributed by atoms with van der Waals surface area (Å²) >= 11 is 6.15. The molecule has 1 saturated heterocycles. The molecule has 4 nitrogen and oxygen atoms in total. The predicted molar refractivity (Wildman–Crippen MR) is 89.4 cm³/mol. The number of carbonyl (C=O) groups is 2. The fraction of sp³-hybridized carbons (Fsp3) is 0.222. The van der Waals surface area contributed by atoms with Crippen molar-refractivity contribution in [3.63, 3.8) is 0 Å². The van der Waals surface area contributed by atoms with E-state index in [4.69, 9.17) is 11.6 Å². The third-order valence-electron chi connectivity index (χ3n) is 3.93. The number of nitrogens with zero attached hydrogens (tertiary/aromatic N) is 1. The van der Waals surface area contributed by atoms with Crippen LogP contribution in [0.2, 0.25) is 5.02 Å². The molecule has 1 aliphatic heterocycles. The maximum absolute atomic E-state index is 12.9. The second kappa shape index (κ2) is 6.42. The lowest BCUT2D eigenvalue weighted by Gasteiger charge is -2.35. The minimum atomic E-state index is -0.632. The minimum absolute atomic E-state index is 0.165. The van der Waals surface area contributed by atoms with Gasteiger partial charge in [0.1, 0.15) is 6.04 Å². The second-order valence-electron chi connectivity index (χ2n) is 5.59. The number of benzene rings is 2. The van der Waals surface area contributed by atoms with Crippen LogP contribution in [0.15, 0.2) is 48.5 Å². The molecular formula is C18H17ClN2O2. The topological polar surface area (TPSA) is 49.4 Å². The summed E-state index contributed by atoms with van der Waals surface area (Å²) in [5.41, 5.74) is 2.27. The van der Waals surface area contributed by atoms with Crippen molar-refractivity contribution < 1.29 is 9.59 Å². The van der Waals surface area contributed by atoms with Crippen LogP contribution in [-0.4, -0.2) is 29.8 Å². The summed E-state index contributed by atoms with van der Waals surface area (Å²) in [6.45, 7) is 2.86. The van der Waals surface area contributed by atoms with Gasteiger partial charge in [-0.15, -0.1) is 0 Å². The van der Waals surface area contributed by atoms with Crippen LogP contribution in [0.5, 0.6) is 0 Å². The molecule has 5 heteroatoms. The summed E-state index contributed by atoms with van der Waals surface area (Å²) in [5.74, 6) is -0.390. The fourth-order valence-electron chi connectivity index (χ4n) is 2.85. The maximum atomic E-state index is 12.9. The minimum Gasteiger partial charge on any atom is -0.352 e. The number of amides is 2. The SMILES string of the molecule is Cc1cccc(C2C(=O)NCCN2C(=O)c2ccccc2Cl)c1. The highest BCUT2D eigenvalue weighted by Gasteiger charge is 2.35. The molecule has 0 radical (unpaired) electrons. The van der Waals surface area contributed by atoms with Crippen LogP contribution >= 0.6 is 11.6 Å². The first-order valence-corrected chi connectivity index (χ1v) is 7.85. The third kappa shape index (κ3) is 3.08. The molecule has 0 aromatic heterocycles. The van der Waals surface area contributed by atoms with Gasteiger partial charge in [-0.05, 0) is 24.6 Å². The molecule has 1 atom stereocenters. The molecule has 2 amide bonds. The average Bonchev–Trinajstić information content (AvgIpc) is 2.54. The normalized spacial score (nSPS) is 17.7. The van der Waals surface area contributed by atoms with Gasteiger partial charge < -0.3 is 10.2 Å². The van der Waals surface area contributed by atoms with Crippen LogP contribution in [0.3, 0.4) is 0 Å². The van der Waals surface area contributed by atoms with E-state index in [1.165, 1.54) is 0 Å². The molecule has 0 spiro atoms. The summed E-state index contributed by atoms with van der Waals surface area (Å²) in [6, 6.07) is 13.9. The van der Waals surface area contributed by atoms with Crippen molar-refractivity contribution in [3.8, 4) is 0 Å². The molecular weight excluding hydrogens is 312 g/mol. The number of rotatable bonds is 2. The Labute approximate surface area is 140 Å². The van der Waals surface area contributed by atoms with Crippen LogP contribution in [0.4, 0.5) is 0 Å². The van der Waals surface area contributed by atoms with Gasteiger partial charge in [0, 0.05) is 13.1 Å². The Morgan fingerprint density at radius 1 is 1.22 bits per heavy atom. The van der Waals surface area contributed by atoms with Crippen LogP contribution in [0, 0.1) is 6.92 Å². The van der Waals surface area contributed by atoms with Crippen LogP contribution in [0.25, 0.3) is 0 Å². The Kier molecular flexibility index (Phi) is 4.35. The number of aryl methyl sites for hydroxylation is 1. The van der Waals surface area contributed by atoms with Gasteiger partial charge >= 0.3 is 0 Å². The van der Waals surface area contributed by atoms with Crippen molar-refractivity contribution in [1.29, 1.82) is 0 Å². The first kappa shape index (κ1) is 15.6. The van der Waals surface area contributed by atoms with Crippen LogP contribution in [0.1, 0.15) is 27.5 Å². The van der Waals surface area contributed by atoms with Crippen molar-refractivity contribution in [2.75, 3.05) is 13.1 Å². The van der Waals surface area contributed by atoms with Crippen LogP contribution in [-0.2, 0) is 4.79 Å². The van der Waals surface area contributed by atoms with Crippen molar-refractivity contribution >= 4 is 23.4 Å². The van der Waals surface area contributed by atoms with Gasteiger partial charge in [-0.1, -0.05) is 53.6 Å². The van der Waals surface area contributed by atoms with E-state index in [0.717, 1.165) is 11.1 Å². The number of halogens is 1. The summed E-state index contributed by atoms with van der Waals surface area (Å²) in [7, 11) is 0. The highest BCUT2D eigenvalue weighted by atomic mass is 35.5. The van der Waals surface area contributed by atoms with E-state index in [1.54, 1.807) is 29.2 Å². The Morgan fingerprint density at radius 3 is 2.74 bits per heavy atom. The molecule has 0 saturated carbocycles. The van der Waals surface area contributed by atoms with Crippen molar-refractivity contribution in [2.45, 2.75) is 13.0 Å². The average molecular weight is 329 g/mol. The van der Waals surface area contributed by atoms with E-state index in [9.17, 15) is 9.59 Å². The molecule has 1 fully saturated rings. The summed E-state index contributed by atoms with van der Waals surface area (Å²) in [6.07, 6.45) is 0. The van der Waals surface area contributed by atoms with Crippen molar-refractivity contribution in [3.05, 3.63) is 70.2 Å². The zero-order valence-corrected chi connectivity index (χ0v) is 13.5. The Balaban J connectivity index is 2.00. The molecule has 2 aromatic rings. The van der Waals surface area contributed by atoms with Gasteiger partial charge in [0.25, 0.3) is 5.91 Å². The molecule has 118 valence electrons. The van der Waals surface area contributed by atoms with Gasteiger partial charge in [-0.2, -0.15) is 0 Å². The molecule has 0 bridgehead atoms. The molecule has 23 heavy (non-hydrogen) atoms. The highest BCUT2D eigenvalue weighted by Crippen LogP contribution is 2.27. The summed E-state index contributed by atoms with van der Waals surface area (Å²) < 4.78 is 0. The first-order valence-electron chi connectivity index (χ1n) is 7.47. The van der Waals surface area contributed by atoms with Gasteiger partial charge in [0.15, 0.2) is 0 Å². The summed E-state index contributed by atoms with van der Waals surface area (Å²) in [5, 5.41) is 3.23. The van der Waals surface area contributed by atoms with E-state index >= 15 is 0 Å². The standard InChI is InChI=1S/C18H17ClN2O2/c1-12-5-4-6-13(11-12)16-17(22)20-9-10-21(16)18(23)14-7-2-3-8-15(14)19/h2-8,11,16H,9-10H2,1H3,(H,20,22). The number of hydrogen-bond donors (Lipinski definition) is 1. The van der Waals surface area contributed by atoms with E-state index in [2.05, 4.69) is 5.32 Å². The van der Waals surface area contributed by atoms with Gasteiger partial charge in [-0.3, -0.25) is 9.59 Å². The molecule has 3 rings (SSSR count). The zero-order chi connectivity index (χ0) is 16.4. The monoisotopic (exact) mass is 328 g/mol. The number of piperazine rings is 1. The van der Waals surface area contributed by atoms with Crippen LogP contribution < -0.4 is 5.32 Å². The van der Waals surface area contributed by atoms with Gasteiger partial charge in [0.2, 0.25) is 5.91 Å². The van der Waals surface area contributed by atoms with Gasteiger partial charge in [0.05, 0.1) is 10.6 Å². The molecule has 0 aliphatic carbocycles. The number of nitrogens with one attached hydrogen (secondary N) is 1. The molecule has 1 unspecified atom stereocenters. The molecule has 1 heterocycles. The Hall–Kier alpha value is -2.33. The fourth-order valence-corrected chi connectivity index (χ4v) is 3.06. The third-order valence-corrected chi connectivity index (χ3v) is 4.26. The second-order valence-corrected chi connectivity index (χ2v) is 5.99. The molecule has 2 aromatic carbocycles. The maximum Gasteiger partial charge on any atom is 0.256 e. The van der Waals surface area contributed by atoms with Crippen molar-refractivity contribution in [1.82, 2.24) is 10.2 Å². The highest BCUT2D eigenvalue weighted by molar-refractivity contribution is 6.33. The smallest absolute Gasteiger partial charge is 0.256 e. The lowest BCUT2D eigenvalue weighted by Crippen LogP contribution is -2.52. The Bertz CT molecular complexity index is 760. The van der Waals surface area contributed by atoms with E-state index in [0.29, 0.717) is 23.7 Å². The lowest BCUT2D eigenvalue weighted by molar-refractivity contribution is -0.128. The quantitative estimate of drug-likeness (QED) is 0.921. The van der Waals surface area contributed by atoms with Crippen molar-refractivity contribution in [2.24, 2.45) is 0 Å². The lowest BCUT2D eigenvalue weighted by atomic mass is 9.99. The Morgan fingerprint density at radius 2 is 2.00 bits per heavy atom. The van der Waals surface area contributed by atoms with E-state index in [1.807, 2.05) is 31.2 Å². The first-order chi connectivity index (χ1) is 11.1. The number of hydrogen-bond acceptors (Lipinski definition) is 2. The largest absolute Gasteiger partial charge is 0.352 e. The van der Waals surface area contributed by atoms with E-state index < -0.39 is 6.04 Å². The van der Waals surface area contributed by atoms with Gasteiger partial charge in [-0.25, -0.2) is 0 Å². The summed E-state index contributed by atoms with van der Waals surface area (Å²) in [4.78, 5) is 26.9. The molecule has 1 N–H and O–H groups in total. The molecule has 1 aliphatic rings. The van der Waals surface area contributed by atoms with E-state index in [-0.39, 0.29) is 11.8 Å². The zero-order valence-electron chi connectivity index (χ0n) is 12.8.